The highest BCUT2D eigenvalue weighted by molar-refractivity contribution is 6.00. The summed E-state index contributed by atoms with van der Waals surface area (Å²) in [6.45, 7) is 6.83. The van der Waals surface area contributed by atoms with E-state index in [4.69, 9.17) is 4.74 Å². The normalized spacial score (nSPS) is 32.5. The Labute approximate surface area is 205 Å². The van der Waals surface area contributed by atoms with Gasteiger partial charge in [-0.2, -0.15) is 0 Å². The van der Waals surface area contributed by atoms with Crippen LogP contribution in [-0.4, -0.2) is 87.1 Å². The van der Waals surface area contributed by atoms with Crippen LogP contribution in [-0.2, 0) is 25.7 Å². The van der Waals surface area contributed by atoms with E-state index < -0.39 is 35.1 Å². The van der Waals surface area contributed by atoms with Gasteiger partial charge < -0.3 is 24.5 Å². The first-order valence-electron chi connectivity index (χ1n) is 12.3. The molecule has 0 bridgehead atoms. The van der Waals surface area contributed by atoms with Gasteiger partial charge in [-0.1, -0.05) is 54.6 Å². The summed E-state index contributed by atoms with van der Waals surface area (Å²) in [4.78, 5) is 46.6. The van der Waals surface area contributed by atoms with E-state index in [2.05, 4.69) is 0 Å². The topological polar surface area (TPSA) is 90.4 Å². The molecule has 5 atom stereocenters. The van der Waals surface area contributed by atoms with Crippen LogP contribution < -0.4 is 0 Å². The van der Waals surface area contributed by atoms with Gasteiger partial charge in [-0.3, -0.25) is 14.4 Å². The molecule has 1 N–H and O–H groups in total. The number of benzene rings is 1. The molecule has 4 aliphatic heterocycles. The lowest BCUT2D eigenvalue weighted by Gasteiger charge is -2.40. The summed E-state index contributed by atoms with van der Waals surface area (Å²) in [6, 6.07) is 8.82. The predicted molar refractivity (Wildman–Crippen MR) is 129 cm³/mol. The Morgan fingerprint density at radius 3 is 2.46 bits per heavy atom. The van der Waals surface area contributed by atoms with Gasteiger partial charge in [0.1, 0.15) is 11.6 Å². The molecule has 5 rings (SSSR count). The maximum absolute atomic E-state index is 13.9. The zero-order valence-electron chi connectivity index (χ0n) is 20.5. The van der Waals surface area contributed by atoms with Crippen LogP contribution in [0.2, 0.25) is 0 Å². The van der Waals surface area contributed by atoms with E-state index in [1.54, 1.807) is 9.80 Å². The first-order valence-corrected chi connectivity index (χ1v) is 12.3. The summed E-state index contributed by atoms with van der Waals surface area (Å²) in [5, 5.41) is 9.75. The average molecular weight is 480 g/mol. The van der Waals surface area contributed by atoms with Crippen molar-refractivity contribution in [3.63, 3.8) is 0 Å². The second-order valence-corrected chi connectivity index (χ2v) is 10.8. The van der Waals surface area contributed by atoms with Crippen LogP contribution in [0.15, 0.2) is 54.6 Å². The molecule has 35 heavy (non-hydrogen) atoms. The number of carbonyl (C=O) groups excluding carboxylic acids is 3. The number of ether oxygens (including phenoxy) is 1. The Morgan fingerprint density at radius 2 is 1.77 bits per heavy atom. The first kappa shape index (κ1) is 23.8. The van der Waals surface area contributed by atoms with Crippen LogP contribution >= 0.6 is 0 Å². The van der Waals surface area contributed by atoms with Gasteiger partial charge in [-0.05, 0) is 26.3 Å². The fraction of sp³-hybridized carbons (Fsp3) is 0.519. The van der Waals surface area contributed by atoms with Crippen LogP contribution in [0.3, 0.4) is 0 Å². The van der Waals surface area contributed by atoms with E-state index >= 15 is 0 Å². The van der Waals surface area contributed by atoms with E-state index in [9.17, 15) is 19.5 Å². The third-order valence-corrected chi connectivity index (χ3v) is 7.61. The van der Waals surface area contributed by atoms with Crippen molar-refractivity contribution in [2.24, 2.45) is 11.8 Å². The summed E-state index contributed by atoms with van der Waals surface area (Å²) in [6.07, 6.45) is 6.89. The minimum atomic E-state index is -1.26. The van der Waals surface area contributed by atoms with Gasteiger partial charge in [0.2, 0.25) is 17.7 Å². The summed E-state index contributed by atoms with van der Waals surface area (Å²) < 4.78 is 6.58. The van der Waals surface area contributed by atoms with Crippen LogP contribution in [0.25, 0.3) is 0 Å². The monoisotopic (exact) mass is 479 g/mol. The lowest BCUT2D eigenvalue weighted by atomic mass is 9.77. The zero-order chi connectivity index (χ0) is 25.0. The molecular weight excluding hydrogens is 446 g/mol. The Kier molecular flexibility index (Phi) is 5.84. The molecule has 2 fully saturated rings. The van der Waals surface area contributed by atoms with Crippen molar-refractivity contribution < 1.29 is 24.2 Å². The summed E-state index contributed by atoms with van der Waals surface area (Å²) >= 11 is 0. The van der Waals surface area contributed by atoms with E-state index in [1.165, 1.54) is 4.90 Å². The van der Waals surface area contributed by atoms with Crippen molar-refractivity contribution >= 4 is 17.7 Å². The molecule has 1 aromatic carbocycles. The SMILES string of the molecule is CC(C)(C)N1CC=C[C@]23O[C@H]4C=CCN(Cc5ccccc5)C(=O)[C@H]4[C@H]2C(=O)N(CCO)C3C1=O. The van der Waals surface area contributed by atoms with E-state index in [1.807, 2.05) is 75.4 Å². The van der Waals surface area contributed by atoms with E-state index in [0.29, 0.717) is 19.6 Å². The van der Waals surface area contributed by atoms with Crippen molar-refractivity contribution in [1.82, 2.24) is 14.7 Å². The maximum atomic E-state index is 13.9. The first-order chi connectivity index (χ1) is 16.7. The van der Waals surface area contributed by atoms with Gasteiger partial charge in [-0.25, -0.2) is 0 Å². The fourth-order valence-corrected chi connectivity index (χ4v) is 6.09. The highest BCUT2D eigenvalue weighted by Crippen LogP contribution is 2.53. The number of aliphatic hydroxyl groups excluding tert-OH is 1. The van der Waals surface area contributed by atoms with Crippen LogP contribution in [0, 0.1) is 11.8 Å². The van der Waals surface area contributed by atoms with Gasteiger partial charge in [0.05, 0.1) is 24.5 Å². The van der Waals surface area contributed by atoms with E-state index in [0.717, 1.165) is 5.56 Å². The van der Waals surface area contributed by atoms with Crippen LogP contribution in [0.1, 0.15) is 26.3 Å². The maximum Gasteiger partial charge on any atom is 0.249 e. The van der Waals surface area contributed by atoms with E-state index in [-0.39, 0.29) is 30.9 Å². The molecule has 8 heteroatoms. The van der Waals surface area contributed by atoms with Crippen molar-refractivity contribution in [3.05, 3.63) is 60.2 Å². The molecule has 1 spiro atoms. The number of amides is 3. The number of nitrogens with zero attached hydrogens (tertiary/aromatic N) is 3. The Bertz CT molecular complexity index is 1080. The number of aliphatic hydroxyl groups is 1. The smallest absolute Gasteiger partial charge is 0.249 e. The molecule has 1 unspecified atom stereocenters. The minimum Gasteiger partial charge on any atom is -0.395 e. The Hall–Kier alpha value is -2.97. The Balaban J connectivity index is 1.55. The molecule has 8 nitrogen and oxygen atoms in total. The third kappa shape index (κ3) is 3.70. The summed E-state index contributed by atoms with van der Waals surface area (Å²) in [5.74, 6) is -2.26. The Morgan fingerprint density at radius 1 is 1.03 bits per heavy atom. The number of hydrogen-bond donors (Lipinski definition) is 1. The van der Waals surface area contributed by atoms with Gasteiger partial charge in [0.25, 0.3) is 0 Å². The molecule has 0 aromatic heterocycles. The van der Waals surface area contributed by atoms with Gasteiger partial charge in [0, 0.05) is 31.7 Å². The van der Waals surface area contributed by atoms with Crippen molar-refractivity contribution in [2.45, 2.75) is 50.6 Å². The number of rotatable bonds is 4. The number of β-amino-alcohol motifs (C(OH)–C–C–N with tert-alkyl or cyclic N) is 1. The lowest BCUT2D eigenvalue weighted by Crippen LogP contribution is -2.59. The summed E-state index contributed by atoms with van der Waals surface area (Å²) in [7, 11) is 0. The number of likely N-dealkylation sites (tertiary alicyclic amines) is 1. The second-order valence-electron chi connectivity index (χ2n) is 10.8. The number of carbonyl (C=O) groups is 3. The molecule has 0 radical (unpaired) electrons. The zero-order valence-corrected chi connectivity index (χ0v) is 20.5. The standard InChI is InChI=1S/C27H33N3O5/c1-26(2,3)30-14-8-12-27-21(24(33)29(15-16-31)22(27)25(30)34)20-19(35-27)11-7-13-28(23(20)32)17-18-9-5-4-6-10-18/h4-12,19-22,31H,13-17H2,1-3H3/t19-,20+,21-,22?,27-/m0/s1. The molecule has 0 saturated carbocycles. The van der Waals surface area contributed by atoms with Crippen molar-refractivity contribution in [3.8, 4) is 0 Å². The van der Waals surface area contributed by atoms with Gasteiger partial charge >= 0.3 is 0 Å². The molecular formula is C27H33N3O5. The summed E-state index contributed by atoms with van der Waals surface area (Å²) in [5.41, 5.74) is -0.720. The van der Waals surface area contributed by atoms with Gasteiger partial charge in [-0.15, -0.1) is 0 Å². The number of hydrogen-bond acceptors (Lipinski definition) is 5. The second kappa shape index (κ2) is 8.60. The average Bonchev–Trinajstić information content (AvgIpc) is 3.11. The third-order valence-electron chi connectivity index (χ3n) is 7.61. The molecule has 4 aliphatic rings. The highest BCUT2D eigenvalue weighted by Gasteiger charge is 2.71. The quantitative estimate of drug-likeness (QED) is 0.659. The molecule has 2 saturated heterocycles. The van der Waals surface area contributed by atoms with Crippen molar-refractivity contribution in [2.75, 3.05) is 26.2 Å². The van der Waals surface area contributed by atoms with Gasteiger partial charge in [0.15, 0.2) is 0 Å². The molecule has 3 amide bonds. The minimum absolute atomic E-state index is 0.0117. The molecule has 0 aliphatic carbocycles. The molecule has 4 heterocycles. The molecule has 1 aromatic rings. The number of fused-ring (bicyclic) bond motifs is 2. The highest BCUT2D eigenvalue weighted by atomic mass is 16.5. The lowest BCUT2D eigenvalue weighted by molar-refractivity contribution is -0.151. The predicted octanol–water partition coefficient (Wildman–Crippen LogP) is 1.36. The fourth-order valence-electron chi connectivity index (χ4n) is 6.09. The van der Waals surface area contributed by atoms with Crippen molar-refractivity contribution in [1.29, 1.82) is 0 Å². The van der Waals surface area contributed by atoms with Crippen LogP contribution in [0.4, 0.5) is 0 Å². The largest absolute Gasteiger partial charge is 0.395 e. The van der Waals surface area contributed by atoms with Crippen LogP contribution in [0.5, 0.6) is 0 Å². The molecule has 186 valence electrons.